The van der Waals surface area contributed by atoms with Crippen LogP contribution in [0.2, 0.25) is 0 Å². The number of nitrogens with zero attached hydrogens (tertiary/aromatic N) is 4. The van der Waals surface area contributed by atoms with Crippen LogP contribution in [-0.2, 0) is 0 Å². The third-order valence-electron chi connectivity index (χ3n) is 2.40. The highest BCUT2D eigenvalue weighted by atomic mass is 16.3. The predicted octanol–water partition coefficient (Wildman–Crippen LogP) is 1.78. The lowest BCUT2D eigenvalue weighted by Crippen LogP contribution is -2.38. The molecule has 5 heteroatoms. The first-order valence-corrected chi connectivity index (χ1v) is 5.15. The van der Waals surface area contributed by atoms with Gasteiger partial charge in [-0.1, -0.05) is 19.0 Å². The first-order valence-electron chi connectivity index (χ1n) is 5.15. The topological polar surface area (TPSA) is 72.2 Å². The standard InChI is InChI=1S/C9H20N4O/c1-3-9(4-2)13(7-8-14)6-5-11-12-10/h9,14H,3-8H2,1-2H3. The van der Waals surface area contributed by atoms with Crippen LogP contribution in [0.25, 0.3) is 10.4 Å². The summed E-state index contributed by atoms with van der Waals surface area (Å²) in [6.07, 6.45) is 2.12. The van der Waals surface area contributed by atoms with Gasteiger partial charge in [-0.2, -0.15) is 0 Å². The molecule has 0 unspecified atom stereocenters. The van der Waals surface area contributed by atoms with Crippen molar-refractivity contribution in [2.24, 2.45) is 5.11 Å². The zero-order valence-corrected chi connectivity index (χ0v) is 9.06. The Labute approximate surface area is 85.3 Å². The van der Waals surface area contributed by atoms with Crippen LogP contribution in [0.4, 0.5) is 0 Å². The molecule has 82 valence electrons. The van der Waals surface area contributed by atoms with E-state index in [4.69, 9.17) is 10.6 Å². The smallest absolute Gasteiger partial charge is 0.0558 e. The van der Waals surface area contributed by atoms with E-state index in [1.165, 1.54) is 0 Å². The molecule has 0 saturated heterocycles. The van der Waals surface area contributed by atoms with Gasteiger partial charge >= 0.3 is 0 Å². The lowest BCUT2D eigenvalue weighted by Gasteiger charge is -2.29. The molecular formula is C9H20N4O. The van der Waals surface area contributed by atoms with Crippen molar-refractivity contribution in [3.05, 3.63) is 10.4 Å². The van der Waals surface area contributed by atoms with Crippen LogP contribution in [0.1, 0.15) is 26.7 Å². The average Bonchev–Trinajstić information content (AvgIpc) is 2.20. The number of aliphatic hydroxyl groups is 1. The van der Waals surface area contributed by atoms with Crippen molar-refractivity contribution in [2.45, 2.75) is 32.7 Å². The molecule has 0 aromatic rings. The molecule has 0 saturated carbocycles. The van der Waals surface area contributed by atoms with E-state index in [1.807, 2.05) is 0 Å². The summed E-state index contributed by atoms with van der Waals surface area (Å²) in [5.74, 6) is 0. The van der Waals surface area contributed by atoms with Gasteiger partial charge in [0.05, 0.1) is 6.61 Å². The van der Waals surface area contributed by atoms with E-state index in [0.717, 1.165) is 19.4 Å². The van der Waals surface area contributed by atoms with E-state index in [9.17, 15) is 0 Å². The van der Waals surface area contributed by atoms with Crippen molar-refractivity contribution in [3.8, 4) is 0 Å². The van der Waals surface area contributed by atoms with E-state index in [-0.39, 0.29) is 6.61 Å². The molecule has 14 heavy (non-hydrogen) atoms. The Morgan fingerprint density at radius 2 is 2.00 bits per heavy atom. The van der Waals surface area contributed by atoms with Crippen molar-refractivity contribution in [2.75, 3.05) is 26.2 Å². The molecule has 0 aromatic heterocycles. The molecule has 0 fully saturated rings. The van der Waals surface area contributed by atoms with Crippen LogP contribution < -0.4 is 0 Å². The quantitative estimate of drug-likeness (QED) is 0.368. The maximum Gasteiger partial charge on any atom is 0.0558 e. The Morgan fingerprint density at radius 1 is 1.36 bits per heavy atom. The van der Waals surface area contributed by atoms with Crippen molar-refractivity contribution in [1.29, 1.82) is 0 Å². The Kier molecular flexibility index (Phi) is 8.33. The predicted molar refractivity (Wildman–Crippen MR) is 57.0 cm³/mol. The van der Waals surface area contributed by atoms with Crippen LogP contribution >= 0.6 is 0 Å². The van der Waals surface area contributed by atoms with Gasteiger partial charge < -0.3 is 5.11 Å². The summed E-state index contributed by atoms with van der Waals surface area (Å²) in [6, 6.07) is 0.482. The normalized spacial score (nSPS) is 10.6. The highest BCUT2D eigenvalue weighted by molar-refractivity contribution is 4.69. The Morgan fingerprint density at radius 3 is 2.43 bits per heavy atom. The minimum atomic E-state index is 0.159. The number of rotatable bonds is 8. The fourth-order valence-electron chi connectivity index (χ4n) is 1.63. The zero-order valence-electron chi connectivity index (χ0n) is 9.06. The number of azide groups is 1. The van der Waals surface area contributed by atoms with Crippen molar-refractivity contribution in [3.63, 3.8) is 0 Å². The van der Waals surface area contributed by atoms with Crippen molar-refractivity contribution >= 4 is 0 Å². The Bertz CT molecular complexity index is 176. The molecular weight excluding hydrogens is 180 g/mol. The van der Waals surface area contributed by atoms with Crippen LogP contribution in [-0.4, -0.2) is 42.3 Å². The van der Waals surface area contributed by atoms with Gasteiger partial charge in [0.2, 0.25) is 0 Å². The summed E-state index contributed by atoms with van der Waals surface area (Å²) in [5.41, 5.74) is 8.15. The summed E-state index contributed by atoms with van der Waals surface area (Å²) in [7, 11) is 0. The van der Waals surface area contributed by atoms with Gasteiger partial charge in [-0.15, -0.1) is 0 Å². The minimum Gasteiger partial charge on any atom is -0.395 e. The Hall–Kier alpha value is -0.770. The van der Waals surface area contributed by atoms with Crippen molar-refractivity contribution < 1.29 is 5.11 Å². The molecule has 0 radical (unpaired) electrons. The van der Waals surface area contributed by atoms with Crippen molar-refractivity contribution in [1.82, 2.24) is 4.90 Å². The molecule has 5 nitrogen and oxygen atoms in total. The van der Waals surface area contributed by atoms with E-state index in [2.05, 4.69) is 28.8 Å². The molecule has 0 spiro atoms. The lowest BCUT2D eigenvalue weighted by molar-refractivity contribution is 0.147. The molecule has 0 atom stereocenters. The second kappa shape index (κ2) is 8.81. The van der Waals surface area contributed by atoms with Crippen LogP contribution in [0.3, 0.4) is 0 Å². The lowest BCUT2D eigenvalue weighted by atomic mass is 10.1. The van der Waals surface area contributed by atoms with Gasteiger partial charge in [0.1, 0.15) is 0 Å². The molecule has 0 rings (SSSR count). The van der Waals surface area contributed by atoms with Gasteiger partial charge in [0.25, 0.3) is 0 Å². The molecule has 0 aliphatic heterocycles. The summed E-state index contributed by atoms with van der Waals surface area (Å²) in [6.45, 7) is 6.29. The largest absolute Gasteiger partial charge is 0.395 e. The van der Waals surface area contributed by atoms with E-state index >= 15 is 0 Å². The average molecular weight is 200 g/mol. The van der Waals surface area contributed by atoms with Crippen LogP contribution in [0, 0.1) is 0 Å². The summed E-state index contributed by atoms with van der Waals surface area (Å²) < 4.78 is 0. The van der Waals surface area contributed by atoms with Gasteiger partial charge in [-0.3, -0.25) is 4.90 Å². The fraction of sp³-hybridized carbons (Fsp3) is 1.00. The number of hydrogen-bond acceptors (Lipinski definition) is 3. The van der Waals surface area contributed by atoms with E-state index in [0.29, 0.717) is 19.1 Å². The van der Waals surface area contributed by atoms with E-state index < -0.39 is 0 Å². The first-order chi connectivity index (χ1) is 6.79. The fourth-order valence-corrected chi connectivity index (χ4v) is 1.63. The Balaban J connectivity index is 4.03. The summed E-state index contributed by atoms with van der Waals surface area (Å²) in [5, 5.41) is 12.4. The second-order valence-electron chi connectivity index (χ2n) is 3.18. The molecule has 0 amide bonds. The van der Waals surface area contributed by atoms with Gasteiger partial charge in [-0.05, 0) is 18.4 Å². The van der Waals surface area contributed by atoms with Crippen LogP contribution in [0.5, 0.6) is 0 Å². The highest BCUT2D eigenvalue weighted by Gasteiger charge is 2.13. The first kappa shape index (κ1) is 13.2. The molecule has 1 N–H and O–H groups in total. The molecule has 0 aliphatic carbocycles. The number of aliphatic hydroxyl groups excluding tert-OH is 1. The SMILES string of the molecule is CCC(CC)N(CCO)CCN=[N+]=[N-]. The van der Waals surface area contributed by atoms with Gasteiger partial charge in [0, 0.05) is 30.6 Å². The van der Waals surface area contributed by atoms with Crippen LogP contribution in [0.15, 0.2) is 5.11 Å². The van der Waals surface area contributed by atoms with Gasteiger partial charge in [0.15, 0.2) is 0 Å². The summed E-state index contributed by atoms with van der Waals surface area (Å²) in [4.78, 5) is 4.89. The maximum atomic E-state index is 8.89. The molecule has 0 bridgehead atoms. The second-order valence-corrected chi connectivity index (χ2v) is 3.18. The third kappa shape index (κ3) is 5.07. The summed E-state index contributed by atoms with van der Waals surface area (Å²) >= 11 is 0. The zero-order chi connectivity index (χ0) is 10.8. The third-order valence-corrected chi connectivity index (χ3v) is 2.40. The molecule has 0 heterocycles. The molecule has 0 aliphatic rings. The monoisotopic (exact) mass is 200 g/mol. The molecule has 0 aromatic carbocycles. The van der Waals surface area contributed by atoms with Gasteiger partial charge in [-0.25, -0.2) is 0 Å². The minimum absolute atomic E-state index is 0.159. The van der Waals surface area contributed by atoms with E-state index in [1.54, 1.807) is 0 Å². The number of hydrogen-bond donors (Lipinski definition) is 1. The maximum absolute atomic E-state index is 8.89. The highest BCUT2D eigenvalue weighted by Crippen LogP contribution is 2.07.